The minimum absolute atomic E-state index is 0.00684. The molecule has 0 aliphatic carbocycles. The van der Waals surface area contributed by atoms with Crippen LogP contribution in [0.25, 0.3) is 10.8 Å². The molecule has 3 heteroatoms. The lowest BCUT2D eigenvalue weighted by atomic mass is 10.2. The number of amides is 1. The zero-order valence-corrected chi connectivity index (χ0v) is 8.37. The molecule has 2 aromatic rings. The summed E-state index contributed by atoms with van der Waals surface area (Å²) in [7, 11) is 0. The molecule has 1 heterocycles. The first kappa shape index (κ1) is 9.47. The zero-order chi connectivity index (χ0) is 10.7. The van der Waals surface area contributed by atoms with Crippen LogP contribution in [0.4, 0.5) is 5.69 Å². The van der Waals surface area contributed by atoms with Gasteiger partial charge in [0.25, 0.3) is 0 Å². The van der Waals surface area contributed by atoms with Gasteiger partial charge in [0.1, 0.15) is 0 Å². The van der Waals surface area contributed by atoms with Gasteiger partial charge < -0.3 is 5.32 Å². The number of hydrogen-bond donors (Lipinski definition) is 1. The van der Waals surface area contributed by atoms with Gasteiger partial charge >= 0.3 is 0 Å². The van der Waals surface area contributed by atoms with Gasteiger partial charge in [-0.2, -0.15) is 0 Å². The Balaban J connectivity index is 2.34. The second-order valence-electron chi connectivity index (χ2n) is 3.20. The molecule has 0 spiro atoms. The van der Waals surface area contributed by atoms with Gasteiger partial charge in [-0.1, -0.05) is 13.0 Å². The smallest absolute Gasteiger partial charge is 0.224 e. The lowest BCUT2D eigenvalue weighted by molar-refractivity contribution is -0.115. The molecule has 74 valence electrons. The summed E-state index contributed by atoms with van der Waals surface area (Å²) in [4.78, 5) is 15.0. The van der Waals surface area contributed by atoms with Crippen LogP contribution in [-0.2, 0) is 4.79 Å². The van der Waals surface area contributed by atoms with Crippen molar-refractivity contribution in [3.63, 3.8) is 0 Å². The molecule has 3 nitrogen and oxygen atoms in total. The summed E-state index contributed by atoms with van der Waals surface area (Å²) in [5, 5.41) is 4.68. The van der Waals surface area contributed by atoms with E-state index < -0.39 is 0 Å². The number of anilines is 1. The Morgan fingerprint density at radius 3 is 3.20 bits per heavy atom. The molecule has 0 radical (unpaired) electrons. The second kappa shape index (κ2) is 3.97. The van der Waals surface area contributed by atoms with E-state index in [0.29, 0.717) is 6.42 Å². The highest BCUT2D eigenvalue weighted by Gasteiger charge is 1.99. The highest BCUT2D eigenvalue weighted by atomic mass is 16.1. The second-order valence-corrected chi connectivity index (χ2v) is 3.20. The third kappa shape index (κ3) is 2.05. The van der Waals surface area contributed by atoms with E-state index in [0.717, 1.165) is 16.5 Å². The van der Waals surface area contributed by atoms with E-state index in [4.69, 9.17) is 0 Å². The topological polar surface area (TPSA) is 42.0 Å². The first-order valence-electron chi connectivity index (χ1n) is 4.77. The predicted molar refractivity (Wildman–Crippen MR) is 58.3 cm³/mol. The van der Waals surface area contributed by atoms with Gasteiger partial charge in [0.05, 0.1) is 0 Å². The van der Waals surface area contributed by atoms with E-state index >= 15 is 0 Å². The third-order valence-corrected chi connectivity index (χ3v) is 2.12. The van der Waals surface area contributed by atoms with Crippen molar-refractivity contribution in [3.05, 3.63) is 36.7 Å². The van der Waals surface area contributed by atoms with Crippen LogP contribution in [0.1, 0.15) is 13.3 Å². The highest BCUT2D eigenvalue weighted by molar-refractivity contribution is 5.93. The Kier molecular flexibility index (Phi) is 2.51. The number of aromatic nitrogens is 1. The fraction of sp³-hybridized carbons (Fsp3) is 0.167. The number of benzene rings is 1. The lowest BCUT2D eigenvalue weighted by Gasteiger charge is -2.03. The Hall–Kier alpha value is -2.08. The van der Waals surface area contributed by atoms with Crippen LogP contribution in [0.15, 0.2) is 24.4 Å². The summed E-state index contributed by atoms with van der Waals surface area (Å²) in [5.74, 6) is 0.00684. The van der Waals surface area contributed by atoms with Gasteiger partial charge in [0.15, 0.2) is 0 Å². The molecule has 0 aliphatic heterocycles. The minimum Gasteiger partial charge on any atom is -0.326 e. The van der Waals surface area contributed by atoms with Crippen molar-refractivity contribution in [1.29, 1.82) is 0 Å². The molecule has 1 aromatic carbocycles. The molecule has 1 N–H and O–H groups in total. The summed E-state index contributed by atoms with van der Waals surface area (Å²) >= 11 is 0. The summed E-state index contributed by atoms with van der Waals surface area (Å²) in [6.07, 6.45) is 4.84. The van der Waals surface area contributed by atoms with Crippen molar-refractivity contribution < 1.29 is 4.79 Å². The molecule has 0 bridgehead atoms. The maximum atomic E-state index is 11.2. The fourth-order valence-corrected chi connectivity index (χ4v) is 1.30. The molecule has 1 amide bonds. The molecule has 0 saturated carbocycles. The summed E-state index contributed by atoms with van der Waals surface area (Å²) < 4.78 is 0. The van der Waals surface area contributed by atoms with Crippen LogP contribution in [0.5, 0.6) is 0 Å². The molecule has 0 saturated heterocycles. The zero-order valence-electron chi connectivity index (χ0n) is 8.37. The first-order chi connectivity index (χ1) is 7.29. The van der Waals surface area contributed by atoms with Crippen molar-refractivity contribution in [2.75, 3.05) is 5.32 Å². The molecule has 0 aliphatic rings. The van der Waals surface area contributed by atoms with Gasteiger partial charge in [-0.3, -0.25) is 4.79 Å². The molecular formula is C12H10N2O. The Morgan fingerprint density at radius 2 is 2.40 bits per heavy atom. The third-order valence-electron chi connectivity index (χ3n) is 2.12. The largest absolute Gasteiger partial charge is 0.326 e. The maximum absolute atomic E-state index is 11.2. The quantitative estimate of drug-likeness (QED) is 0.803. The summed E-state index contributed by atoms with van der Waals surface area (Å²) in [6, 6.07) is 8.51. The maximum Gasteiger partial charge on any atom is 0.224 e. The molecule has 15 heavy (non-hydrogen) atoms. The molecule has 0 atom stereocenters. The van der Waals surface area contributed by atoms with Crippen molar-refractivity contribution in [1.82, 2.24) is 4.98 Å². The molecule has 0 unspecified atom stereocenters. The van der Waals surface area contributed by atoms with Gasteiger partial charge in [0.2, 0.25) is 5.91 Å². The van der Waals surface area contributed by atoms with Gasteiger partial charge in [-0.25, -0.2) is 4.98 Å². The van der Waals surface area contributed by atoms with Gasteiger partial charge in [-0.15, -0.1) is 0 Å². The van der Waals surface area contributed by atoms with Gasteiger partial charge in [0, 0.05) is 35.3 Å². The number of carbonyl (C=O) groups is 1. The van der Waals surface area contributed by atoms with Crippen LogP contribution in [0, 0.1) is 12.3 Å². The number of nitrogens with zero attached hydrogens (tertiary/aromatic N) is 1. The fourth-order valence-electron chi connectivity index (χ4n) is 1.30. The predicted octanol–water partition coefficient (Wildman–Crippen LogP) is 2.18. The van der Waals surface area contributed by atoms with E-state index in [1.807, 2.05) is 25.1 Å². The van der Waals surface area contributed by atoms with Crippen LogP contribution < -0.4 is 5.32 Å². The summed E-state index contributed by atoms with van der Waals surface area (Å²) in [5.41, 5.74) is 0.783. The monoisotopic (exact) mass is 198 g/mol. The van der Waals surface area contributed by atoms with E-state index in [9.17, 15) is 4.79 Å². The van der Waals surface area contributed by atoms with E-state index in [-0.39, 0.29) is 5.91 Å². The lowest BCUT2D eigenvalue weighted by Crippen LogP contribution is -2.09. The number of hydrogen-bond acceptors (Lipinski definition) is 2. The Morgan fingerprint density at radius 1 is 1.53 bits per heavy atom. The van der Waals surface area contributed by atoms with Crippen molar-refractivity contribution in [2.45, 2.75) is 13.3 Å². The van der Waals surface area contributed by atoms with Crippen LogP contribution >= 0.6 is 0 Å². The normalized spacial score (nSPS) is 9.67. The number of carbonyl (C=O) groups excluding carboxylic acids is 1. The average Bonchev–Trinajstić information content (AvgIpc) is 2.29. The van der Waals surface area contributed by atoms with Crippen molar-refractivity contribution in [3.8, 4) is 0 Å². The highest BCUT2D eigenvalue weighted by Crippen LogP contribution is 2.16. The minimum atomic E-state index is 0.00684. The van der Waals surface area contributed by atoms with Crippen LogP contribution in [0.2, 0.25) is 0 Å². The van der Waals surface area contributed by atoms with E-state index in [1.165, 1.54) is 0 Å². The number of rotatable bonds is 2. The summed E-state index contributed by atoms with van der Waals surface area (Å²) in [6.45, 7) is 1.82. The van der Waals surface area contributed by atoms with Crippen molar-refractivity contribution >= 4 is 22.4 Å². The number of fused-ring (bicyclic) bond motifs is 1. The van der Waals surface area contributed by atoms with Crippen molar-refractivity contribution in [2.24, 2.45) is 0 Å². The van der Waals surface area contributed by atoms with E-state index in [1.54, 1.807) is 6.20 Å². The molecular weight excluding hydrogens is 188 g/mol. The molecule has 1 aromatic heterocycles. The Bertz CT molecular complexity index is 494. The first-order valence-corrected chi connectivity index (χ1v) is 4.77. The van der Waals surface area contributed by atoms with Crippen LogP contribution in [0.3, 0.4) is 0 Å². The average molecular weight is 198 g/mol. The van der Waals surface area contributed by atoms with Gasteiger partial charge in [-0.05, 0) is 18.2 Å². The SMILES string of the molecule is CCC(=O)Nc1ccc2cnc#cc2c1. The molecule has 0 fully saturated rings. The van der Waals surface area contributed by atoms with E-state index in [2.05, 4.69) is 22.6 Å². The molecule has 2 rings (SSSR count). The van der Waals surface area contributed by atoms with Crippen LogP contribution in [-0.4, -0.2) is 10.9 Å². The Labute approximate surface area is 88.1 Å². The number of nitrogens with one attached hydrogen (secondary N) is 1. The standard InChI is InChI=1S/C12H10N2O/c1-2-12(15)14-11-4-3-10-8-13-6-5-9(10)7-11/h3-4,7-8H,2H2,1H3,(H,14,15).